The molecule has 0 heterocycles. The van der Waals surface area contributed by atoms with Crippen molar-refractivity contribution in [3.05, 3.63) is 81.2 Å². The Labute approximate surface area is 141 Å². The average Bonchev–Trinajstić information content (AvgIpc) is 2.60. The van der Waals surface area contributed by atoms with Gasteiger partial charge in [0.2, 0.25) is 0 Å². The van der Waals surface area contributed by atoms with Crippen molar-refractivity contribution in [3.8, 4) is 0 Å². The monoisotopic (exact) mass is 323 g/mol. The lowest BCUT2D eigenvalue weighted by atomic mass is 10.0. The van der Waals surface area contributed by atoms with Gasteiger partial charge in [0.25, 0.3) is 0 Å². The van der Waals surface area contributed by atoms with E-state index < -0.39 is 6.10 Å². The summed E-state index contributed by atoms with van der Waals surface area (Å²) in [6.07, 6.45) is 0.367. The van der Waals surface area contributed by atoms with Crippen LogP contribution in [-0.4, -0.2) is 12.5 Å². The first-order valence-electron chi connectivity index (χ1n) is 7.91. The fourth-order valence-electron chi connectivity index (χ4n) is 2.39. The number of hydrogen-bond donors (Lipinski definition) is 0. The SMILES string of the molecule is Cc1ccc([C@@H](CN=[N+]=[N-])OC(=O)CCc2ccccc2)cc1C. The van der Waals surface area contributed by atoms with Gasteiger partial charge >= 0.3 is 5.97 Å². The van der Waals surface area contributed by atoms with Gasteiger partial charge in [0.1, 0.15) is 6.10 Å². The number of carbonyl (C=O) groups is 1. The second kappa shape index (κ2) is 8.75. The van der Waals surface area contributed by atoms with Crippen LogP contribution in [0.4, 0.5) is 0 Å². The summed E-state index contributed by atoms with van der Waals surface area (Å²) in [6.45, 7) is 4.12. The highest BCUT2D eigenvalue weighted by Gasteiger charge is 2.16. The molecule has 1 atom stereocenters. The third-order valence-electron chi connectivity index (χ3n) is 3.95. The van der Waals surface area contributed by atoms with Crippen LogP contribution in [-0.2, 0) is 16.0 Å². The molecule has 0 unspecified atom stereocenters. The first-order valence-corrected chi connectivity index (χ1v) is 7.91. The van der Waals surface area contributed by atoms with E-state index in [-0.39, 0.29) is 12.5 Å². The van der Waals surface area contributed by atoms with Crippen LogP contribution in [0.2, 0.25) is 0 Å². The van der Waals surface area contributed by atoms with Crippen molar-refractivity contribution in [2.45, 2.75) is 32.8 Å². The van der Waals surface area contributed by atoms with E-state index in [2.05, 4.69) is 10.0 Å². The van der Waals surface area contributed by atoms with E-state index in [1.165, 1.54) is 0 Å². The normalized spacial score (nSPS) is 11.4. The number of aryl methyl sites for hydroxylation is 3. The number of azide groups is 1. The van der Waals surface area contributed by atoms with Gasteiger partial charge in [0, 0.05) is 11.3 Å². The van der Waals surface area contributed by atoms with Crippen LogP contribution in [0.5, 0.6) is 0 Å². The highest BCUT2D eigenvalue weighted by atomic mass is 16.5. The second-order valence-corrected chi connectivity index (χ2v) is 5.72. The number of ether oxygens (including phenoxy) is 1. The second-order valence-electron chi connectivity index (χ2n) is 5.72. The third kappa shape index (κ3) is 5.14. The number of nitrogens with zero attached hydrogens (tertiary/aromatic N) is 3. The summed E-state index contributed by atoms with van der Waals surface area (Å²) in [5, 5.41) is 3.58. The Morgan fingerprint density at radius 1 is 1.17 bits per heavy atom. The molecule has 0 aromatic heterocycles. The molecule has 0 radical (unpaired) electrons. The van der Waals surface area contributed by atoms with Crippen molar-refractivity contribution >= 4 is 5.97 Å². The molecule has 0 amide bonds. The topological polar surface area (TPSA) is 75.1 Å². The predicted molar refractivity (Wildman–Crippen MR) is 93.5 cm³/mol. The van der Waals surface area contributed by atoms with E-state index in [1.54, 1.807) is 0 Å². The maximum absolute atomic E-state index is 12.2. The lowest BCUT2D eigenvalue weighted by Crippen LogP contribution is -2.14. The Hall–Kier alpha value is -2.78. The van der Waals surface area contributed by atoms with Gasteiger partial charge in [-0.05, 0) is 48.1 Å². The molecule has 0 saturated carbocycles. The fraction of sp³-hybridized carbons (Fsp3) is 0.316. The molecule has 2 aromatic rings. The van der Waals surface area contributed by atoms with Gasteiger partial charge in [-0.3, -0.25) is 4.79 Å². The number of hydrogen-bond acceptors (Lipinski definition) is 3. The minimum atomic E-state index is -0.552. The Kier molecular flexibility index (Phi) is 6.41. The molecule has 0 aliphatic carbocycles. The maximum atomic E-state index is 12.2. The Morgan fingerprint density at radius 2 is 1.92 bits per heavy atom. The first-order chi connectivity index (χ1) is 11.6. The van der Waals surface area contributed by atoms with Crippen molar-refractivity contribution in [2.75, 3.05) is 6.54 Å². The predicted octanol–water partition coefficient (Wildman–Crippen LogP) is 4.83. The van der Waals surface area contributed by atoms with Gasteiger partial charge in [-0.1, -0.05) is 53.6 Å². The van der Waals surface area contributed by atoms with Crippen LogP contribution in [0.1, 0.15) is 34.8 Å². The summed E-state index contributed by atoms with van der Waals surface area (Å²) < 4.78 is 5.55. The molecule has 124 valence electrons. The van der Waals surface area contributed by atoms with Crippen LogP contribution in [0.15, 0.2) is 53.6 Å². The van der Waals surface area contributed by atoms with Crippen molar-refractivity contribution in [1.29, 1.82) is 0 Å². The van der Waals surface area contributed by atoms with Gasteiger partial charge in [-0.25, -0.2) is 0 Å². The van der Waals surface area contributed by atoms with Gasteiger partial charge in [0.15, 0.2) is 0 Å². The zero-order valence-electron chi connectivity index (χ0n) is 14.0. The largest absolute Gasteiger partial charge is 0.457 e. The number of rotatable bonds is 7. The first kappa shape index (κ1) is 17.6. The molecule has 0 aliphatic heterocycles. The smallest absolute Gasteiger partial charge is 0.306 e. The summed E-state index contributed by atoms with van der Waals surface area (Å²) in [5.74, 6) is -0.296. The molecule has 5 nitrogen and oxygen atoms in total. The molecule has 0 spiro atoms. The summed E-state index contributed by atoms with van der Waals surface area (Å²) in [5.41, 5.74) is 12.8. The molecule has 2 aromatic carbocycles. The number of carbonyl (C=O) groups excluding carboxylic acids is 1. The van der Waals surface area contributed by atoms with Crippen LogP contribution in [0.25, 0.3) is 10.4 Å². The lowest BCUT2D eigenvalue weighted by molar-refractivity contribution is -0.149. The van der Waals surface area contributed by atoms with Crippen LogP contribution in [0, 0.1) is 13.8 Å². The van der Waals surface area contributed by atoms with E-state index in [0.717, 1.165) is 22.3 Å². The van der Waals surface area contributed by atoms with E-state index in [1.807, 2.05) is 62.4 Å². The number of esters is 1. The van der Waals surface area contributed by atoms with Crippen molar-refractivity contribution in [1.82, 2.24) is 0 Å². The highest BCUT2D eigenvalue weighted by molar-refractivity contribution is 5.70. The molecular weight excluding hydrogens is 302 g/mol. The molecular formula is C19H21N3O2. The summed E-state index contributed by atoms with van der Waals surface area (Å²) in [6, 6.07) is 15.6. The zero-order valence-corrected chi connectivity index (χ0v) is 14.0. The van der Waals surface area contributed by atoms with Crippen LogP contribution < -0.4 is 0 Å². The summed E-state index contributed by atoms with van der Waals surface area (Å²) in [7, 11) is 0. The van der Waals surface area contributed by atoms with Crippen LogP contribution in [0.3, 0.4) is 0 Å². The maximum Gasteiger partial charge on any atom is 0.306 e. The highest BCUT2D eigenvalue weighted by Crippen LogP contribution is 2.22. The molecule has 2 rings (SSSR count). The standard InChI is InChI=1S/C19H21N3O2/c1-14-8-10-17(12-15(14)2)18(13-21-22-20)24-19(23)11-9-16-6-4-3-5-7-16/h3-8,10,12,18H,9,11,13H2,1-2H3/t18-/m1/s1. The van der Waals surface area contributed by atoms with Crippen molar-refractivity contribution in [2.24, 2.45) is 5.11 Å². The molecule has 24 heavy (non-hydrogen) atoms. The summed E-state index contributed by atoms with van der Waals surface area (Å²) in [4.78, 5) is 14.9. The minimum Gasteiger partial charge on any atom is -0.457 e. The molecule has 0 fully saturated rings. The lowest BCUT2D eigenvalue weighted by Gasteiger charge is -2.17. The van der Waals surface area contributed by atoms with E-state index in [0.29, 0.717) is 12.8 Å². The molecule has 5 heteroatoms. The fourth-order valence-corrected chi connectivity index (χ4v) is 2.39. The Bertz CT molecular complexity index is 738. The van der Waals surface area contributed by atoms with Crippen molar-refractivity contribution < 1.29 is 9.53 Å². The molecule has 0 aliphatic rings. The third-order valence-corrected chi connectivity index (χ3v) is 3.95. The molecule has 0 bridgehead atoms. The summed E-state index contributed by atoms with van der Waals surface area (Å²) >= 11 is 0. The van der Waals surface area contributed by atoms with Crippen molar-refractivity contribution in [3.63, 3.8) is 0 Å². The Morgan fingerprint density at radius 3 is 2.58 bits per heavy atom. The van der Waals surface area contributed by atoms with Gasteiger partial charge in [0.05, 0.1) is 6.54 Å². The van der Waals surface area contributed by atoms with E-state index in [9.17, 15) is 4.79 Å². The number of benzene rings is 2. The van der Waals surface area contributed by atoms with E-state index in [4.69, 9.17) is 10.3 Å². The van der Waals surface area contributed by atoms with E-state index >= 15 is 0 Å². The van der Waals surface area contributed by atoms with Gasteiger partial charge in [-0.2, -0.15) is 0 Å². The Balaban J connectivity index is 2.03. The molecule has 0 N–H and O–H groups in total. The van der Waals surface area contributed by atoms with Gasteiger partial charge in [-0.15, -0.1) is 0 Å². The zero-order chi connectivity index (χ0) is 17.4. The molecule has 0 saturated heterocycles. The minimum absolute atomic E-state index is 0.0933. The average molecular weight is 323 g/mol. The van der Waals surface area contributed by atoms with Crippen LogP contribution >= 0.6 is 0 Å². The quantitative estimate of drug-likeness (QED) is 0.317. The van der Waals surface area contributed by atoms with Gasteiger partial charge < -0.3 is 4.74 Å².